The van der Waals surface area contributed by atoms with Crippen LogP contribution in [0.4, 0.5) is 0 Å². The van der Waals surface area contributed by atoms with Gasteiger partial charge in [0.2, 0.25) is 0 Å². The molecule has 0 aliphatic rings. The summed E-state index contributed by atoms with van der Waals surface area (Å²) in [7, 11) is 0. The maximum atomic E-state index is 12.0. The van der Waals surface area contributed by atoms with E-state index in [0.717, 1.165) is 17.7 Å². The standard InChI is InChI=1S/C14H14Cl2N2O/c1-2-18-9-10(8-17-18)5-13(19)6-11-3-4-12(15)7-14(11)16/h3-4,7-9H,2,5-6H2,1H3. The molecule has 2 aromatic rings. The molecule has 0 saturated carbocycles. The van der Waals surface area contributed by atoms with Gasteiger partial charge < -0.3 is 0 Å². The average Bonchev–Trinajstić information content (AvgIpc) is 2.80. The number of Topliss-reactive ketones (excluding diaryl/α,β-unsaturated/α-hetero) is 1. The molecule has 0 fully saturated rings. The zero-order valence-electron chi connectivity index (χ0n) is 10.6. The Balaban J connectivity index is 2.01. The van der Waals surface area contributed by atoms with Crippen molar-refractivity contribution in [3.8, 4) is 0 Å². The van der Waals surface area contributed by atoms with Gasteiger partial charge in [0.1, 0.15) is 5.78 Å². The Morgan fingerprint density at radius 1 is 1.32 bits per heavy atom. The van der Waals surface area contributed by atoms with E-state index in [1.165, 1.54) is 0 Å². The van der Waals surface area contributed by atoms with Crippen LogP contribution in [0.15, 0.2) is 30.6 Å². The van der Waals surface area contributed by atoms with Crippen LogP contribution < -0.4 is 0 Å². The van der Waals surface area contributed by atoms with Crippen molar-refractivity contribution in [3.05, 3.63) is 51.8 Å². The van der Waals surface area contributed by atoms with Gasteiger partial charge in [0, 0.05) is 35.6 Å². The van der Waals surface area contributed by atoms with Gasteiger partial charge in [0.05, 0.1) is 6.20 Å². The lowest BCUT2D eigenvalue weighted by Crippen LogP contribution is -2.06. The molecule has 0 atom stereocenters. The van der Waals surface area contributed by atoms with Gasteiger partial charge in [-0.05, 0) is 30.2 Å². The Hall–Kier alpha value is -1.32. The van der Waals surface area contributed by atoms with Crippen LogP contribution in [0, 0.1) is 0 Å². The van der Waals surface area contributed by atoms with E-state index in [1.807, 2.05) is 13.1 Å². The first-order valence-corrected chi connectivity index (χ1v) is 6.81. The molecule has 0 amide bonds. The van der Waals surface area contributed by atoms with Crippen LogP contribution in [0.1, 0.15) is 18.1 Å². The summed E-state index contributed by atoms with van der Waals surface area (Å²) in [6.07, 6.45) is 4.30. The van der Waals surface area contributed by atoms with Crippen LogP contribution in [0.5, 0.6) is 0 Å². The monoisotopic (exact) mass is 296 g/mol. The molecule has 0 N–H and O–H groups in total. The third-order valence-corrected chi connectivity index (χ3v) is 3.40. The first-order valence-electron chi connectivity index (χ1n) is 6.05. The lowest BCUT2D eigenvalue weighted by Gasteiger charge is -2.03. The number of carbonyl (C=O) groups is 1. The van der Waals surface area contributed by atoms with Gasteiger partial charge in [-0.2, -0.15) is 5.10 Å². The molecule has 2 rings (SSSR count). The molecule has 0 bridgehead atoms. The molecule has 5 heteroatoms. The highest BCUT2D eigenvalue weighted by atomic mass is 35.5. The molecule has 3 nitrogen and oxygen atoms in total. The van der Waals surface area contributed by atoms with E-state index in [-0.39, 0.29) is 5.78 Å². The van der Waals surface area contributed by atoms with Crippen LogP contribution in [0.25, 0.3) is 0 Å². The minimum absolute atomic E-state index is 0.111. The predicted molar refractivity (Wildman–Crippen MR) is 76.8 cm³/mol. The number of ketones is 1. The molecule has 1 aromatic carbocycles. The number of benzene rings is 1. The quantitative estimate of drug-likeness (QED) is 0.845. The van der Waals surface area contributed by atoms with Gasteiger partial charge in [-0.15, -0.1) is 0 Å². The van der Waals surface area contributed by atoms with E-state index < -0.39 is 0 Å². The highest BCUT2D eigenvalue weighted by molar-refractivity contribution is 6.35. The number of hydrogen-bond donors (Lipinski definition) is 0. The van der Waals surface area contributed by atoms with Crippen molar-refractivity contribution in [3.63, 3.8) is 0 Å². The average molecular weight is 297 g/mol. The van der Waals surface area contributed by atoms with Crippen molar-refractivity contribution in [2.24, 2.45) is 0 Å². The predicted octanol–water partition coefficient (Wildman–Crippen LogP) is 3.56. The molecule has 100 valence electrons. The van der Waals surface area contributed by atoms with Crippen LogP contribution in [-0.2, 0) is 24.2 Å². The number of rotatable bonds is 5. The Labute approximate surface area is 122 Å². The second kappa shape index (κ2) is 6.22. The molecule has 0 aliphatic carbocycles. The number of carbonyl (C=O) groups excluding carboxylic acids is 1. The van der Waals surface area contributed by atoms with Crippen molar-refractivity contribution in [2.75, 3.05) is 0 Å². The molecular formula is C14H14Cl2N2O. The van der Waals surface area contributed by atoms with Crippen molar-refractivity contribution in [2.45, 2.75) is 26.3 Å². The third kappa shape index (κ3) is 3.82. The Morgan fingerprint density at radius 3 is 2.74 bits per heavy atom. The molecule has 1 aromatic heterocycles. The van der Waals surface area contributed by atoms with Crippen LogP contribution >= 0.6 is 23.2 Å². The second-order valence-electron chi connectivity index (χ2n) is 4.33. The fourth-order valence-corrected chi connectivity index (χ4v) is 2.31. The minimum atomic E-state index is 0.111. The summed E-state index contributed by atoms with van der Waals surface area (Å²) in [4.78, 5) is 12.0. The summed E-state index contributed by atoms with van der Waals surface area (Å²) >= 11 is 11.9. The smallest absolute Gasteiger partial charge is 0.141 e. The zero-order valence-corrected chi connectivity index (χ0v) is 12.1. The van der Waals surface area contributed by atoms with Gasteiger partial charge in [-0.25, -0.2) is 0 Å². The Morgan fingerprint density at radius 2 is 2.11 bits per heavy atom. The largest absolute Gasteiger partial charge is 0.299 e. The number of hydrogen-bond acceptors (Lipinski definition) is 2. The Kier molecular flexibility index (Phi) is 4.61. The van der Waals surface area contributed by atoms with E-state index in [4.69, 9.17) is 23.2 Å². The SMILES string of the molecule is CCn1cc(CC(=O)Cc2ccc(Cl)cc2Cl)cn1. The summed E-state index contributed by atoms with van der Waals surface area (Å²) in [6.45, 7) is 2.81. The molecule has 19 heavy (non-hydrogen) atoms. The van der Waals surface area contributed by atoms with Crippen molar-refractivity contribution < 1.29 is 4.79 Å². The highest BCUT2D eigenvalue weighted by Crippen LogP contribution is 2.21. The number of halogens is 2. The fraction of sp³-hybridized carbons (Fsp3) is 0.286. The van der Waals surface area contributed by atoms with E-state index >= 15 is 0 Å². The minimum Gasteiger partial charge on any atom is -0.299 e. The third-order valence-electron chi connectivity index (χ3n) is 2.81. The van der Waals surface area contributed by atoms with Crippen molar-refractivity contribution >= 4 is 29.0 Å². The Bertz CT molecular complexity index is 593. The van der Waals surface area contributed by atoms with Crippen LogP contribution in [0.3, 0.4) is 0 Å². The molecule has 0 saturated heterocycles. The van der Waals surface area contributed by atoms with E-state index in [1.54, 1.807) is 29.1 Å². The lowest BCUT2D eigenvalue weighted by molar-refractivity contribution is -0.117. The normalized spacial score (nSPS) is 10.7. The van der Waals surface area contributed by atoms with Crippen LogP contribution in [0.2, 0.25) is 10.0 Å². The first-order chi connectivity index (χ1) is 9.08. The fourth-order valence-electron chi connectivity index (χ4n) is 1.84. The molecule has 0 aliphatic heterocycles. The van der Waals surface area contributed by atoms with Gasteiger partial charge in [0.25, 0.3) is 0 Å². The van der Waals surface area contributed by atoms with Crippen molar-refractivity contribution in [1.29, 1.82) is 0 Å². The lowest BCUT2D eigenvalue weighted by atomic mass is 10.0. The maximum Gasteiger partial charge on any atom is 0.141 e. The summed E-state index contributed by atoms with van der Waals surface area (Å²) in [5, 5.41) is 5.25. The number of nitrogens with zero attached hydrogens (tertiary/aromatic N) is 2. The van der Waals surface area contributed by atoms with Crippen molar-refractivity contribution in [1.82, 2.24) is 9.78 Å². The summed E-state index contributed by atoms with van der Waals surface area (Å²) in [5.41, 5.74) is 1.73. The summed E-state index contributed by atoms with van der Waals surface area (Å²) < 4.78 is 1.80. The molecule has 0 spiro atoms. The van der Waals surface area contributed by atoms with Gasteiger partial charge in [-0.1, -0.05) is 29.3 Å². The first kappa shape index (κ1) is 14.1. The van der Waals surface area contributed by atoms with E-state index in [2.05, 4.69) is 5.10 Å². The topological polar surface area (TPSA) is 34.9 Å². The summed E-state index contributed by atoms with van der Waals surface area (Å²) in [5.74, 6) is 0.111. The van der Waals surface area contributed by atoms with E-state index in [9.17, 15) is 4.79 Å². The van der Waals surface area contributed by atoms with Crippen LogP contribution in [-0.4, -0.2) is 15.6 Å². The zero-order chi connectivity index (χ0) is 13.8. The number of aryl methyl sites for hydroxylation is 1. The van der Waals surface area contributed by atoms with Gasteiger partial charge >= 0.3 is 0 Å². The highest BCUT2D eigenvalue weighted by Gasteiger charge is 2.10. The van der Waals surface area contributed by atoms with Gasteiger partial charge in [-0.3, -0.25) is 9.48 Å². The molecule has 0 unspecified atom stereocenters. The number of aromatic nitrogens is 2. The second-order valence-corrected chi connectivity index (χ2v) is 5.18. The van der Waals surface area contributed by atoms with E-state index in [0.29, 0.717) is 22.9 Å². The maximum absolute atomic E-state index is 12.0. The molecule has 1 heterocycles. The van der Waals surface area contributed by atoms with Gasteiger partial charge in [0.15, 0.2) is 0 Å². The summed E-state index contributed by atoms with van der Waals surface area (Å²) in [6, 6.07) is 5.18. The molecule has 0 radical (unpaired) electrons. The molecular weight excluding hydrogens is 283 g/mol.